The number of aliphatic hydroxyl groups excluding tert-OH is 1. The Morgan fingerprint density at radius 1 is 0.400 bits per heavy atom. The fourth-order valence-corrected chi connectivity index (χ4v) is 8.17. The SMILES string of the molecule is CC(C)[C@H](NC(=O)[C@H](CCC(=O)O)NC(=O)[C@H](CO)NC(=O)[C@H](CCCCN)NC(=O)[C@H](CCCN)NC(=O)[C@H](C)NC(=O)[C@H](CC(=O)O)NC(=O)CC(CNCCN)CNCCN)C(=O)N[C@@H](CCC(N)=O)C(=O)N[C@@H](CCCCN)C(N)=O. The second kappa shape index (κ2) is 44.3. The summed E-state index contributed by atoms with van der Waals surface area (Å²) < 4.78 is 0. The lowest BCUT2D eigenvalue weighted by Gasteiger charge is -2.28. The summed E-state index contributed by atoms with van der Waals surface area (Å²) in [7, 11) is 0. The Labute approximate surface area is 494 Å². The Bertz CT molecular complexity index is 2150. The minimum atomic E-state index is -1.86. The second-order valence-electron chi connectivity index (χ2n) is 20.6. The molecule has 0 radical (unpaired) electrons. The topological polar surface area (TPSA) is 597 Å². The average molecular weight is 1220 g/mol. The van der Waals surface area contributed by atoms with Gasteiger partial charge >= 0.3 is 11.9 Å². The highest BCUT2D eigenvalue weighted by Crippen LogP contribution is 2.11. The normalized spacial score (nSPS) is 14.3. The second-order valence-corrected chi connectivity index (χ2v) is 20.6. The van der Waals surface area contributed by atoms with E-state index in [4.69, 9.17) is 40.1 Å². The molecule has 85 heavy (non-hydrogen) atoms. The molecule has 0 aromatic carbocycles. The van der Waals surface area contributed by atoms with Gasteiger partial charge in [-0.15, -0.1) is 0 Å². The Balaban J connectivity index is 6.49. The molecule has 0 saturated carbocycles. The molecule has 34 nitrogen and oxygen atoms in total. The van der Waals surface area contributed by atoms with Gasteiger partial charge < -0.3 is 114 Å². The van der Waals surface area contributed by atoms with Crippen molar-refractivity contribution >= 4 is 76.9 Å². The Morgan fingerprint density at radius 2 is 0.812 bits per heavy atom. The van der Waals surface area contributed by atoms with Gasteiger partial charge in [-0.2, -0.15) is 0 Å². The molecule has 0 aliphatic rings. The van der Waals surface area contributed by atoms with Crippen molar-refractivity contribution in [2.45, 2.75) is 165 Å². The standard InChI is InChI=1S/C51H96N18O16/c1-28(2)42(51(85)67-34(12-14-38(57)71)47(81)63-31(43(58)77)9-4-6-16-52)69-48(82)35(13-15-40(73)74)66-50(84)37(27-70)68-46(80)32(10-5-7-17-53)65-45(79)33(11-8-18-54)64-44(78)29(3)61-49(83)36(24-41(75)76)62-39(72)23-30(25-59-21-19-55)26-60-22-20-56/h28-37,42,59-60,70H,4-27,52-56H2,1-3H3,(H2,57,71)(H2,58,77)(H,61,83)(H,62,72)(H,63,81)(H,64,78)(H,65,79)(H,66,84)(H,67,85)(H,68,80)(H,69,82)(H,73,74)(H,75,76)/t29-,31-,32-,33-,34-,35-,36-,37-,42-/m0/s1. The molecule has 0 fully saturated rings. The summed E-state index contributed by atoms with van der Waals surface area (Å²) in [5.41, 5.74) is 38.9. The third kappa shape index (κ3) is 33.8. The van der Waals surface area contributed by atoms with E-state index in [1.165, 1.54) is 20.8 Å². The lowest BCUT2D eigenvalue weighted by molar-refractivity contribution is -0.141. The van der Waals surface area contributed by atoms with E-state index in [1.807, 2.05) is 0 Å². The number of hydrogen-bond donors (Lipinski definition) is 21. The van der Waals surface area contributed by atoms with Crippen LogP contribution < -0.4 is 98.6 Å². The zero-order chi connectivity index (χ0) is 64.6. The molecule has 28 N–H and O–H groups in total. The molecule has 0 heterocycles. The monoisotopic (exact) mass is 1220 g/mol. The Kier molecular flexibility index (Phi) is 40.5. The molecular weight excluding hydrogens is 1120 g/mol. The molecule has 0 rings (SSSR count). The molecule has 0 aliphatic heterocycles. The Hall–Kier alpha value is -7.21. The van der Waals surface area contributed by atoms with Crippen molar-refractivity contribution in [1.82, 2.24) is 58.5 Å². The van der Waals surface area contributed by atoms with Crippen LogP contribution in [0.25, 0.3) is 0 Å². The highest BCUT2D eigenvalue weighted by Gasteiger charge is 2.36. The Morgan fingerprint density at radius 3 is 1.26 bits per heavy atom. The number of amides is 11. The number of carboxylic acids is 2. The number of unbranched alkanes of at least 4 members (excludes halogenated alkanes) is 2. The molecule has 486 valence electrons. The number of nitrogens with two attached hydrogens (primary N) is 7. The number of hydrogen-bond acceptors (Lipinski definition) is 21. The van der Waals surface area contributed by atoms with Crippen LogP contribution in [0.5, 0.6) is 0 Å². The molecule has 0 bridgehead atoms. The van der Waals surface area contributed by atoms with Crippen LogP contribution in [0, 0.1) is 11.8 Å². The maximum Gasteiger partial charge on any atom is 0.305 e. The number of carbonyl (C=O) groups is 13. The zero-order valence-corrected chi connectivity index (χ0v) is 49.0. The summed E-state index contributed by atoms with van der Waals surface area (Å²) in [6.45, 7) is 5.94. The van der Waals surface area contributed by atoms with Gasteiger partial charge in [0, 0.05) is 45.4 Å². The van der Waals surface area contributed by atoms with E-state index in [1.54, 1.807) is 0 Å². The van der Waals surface area contributed by atoms with Crippen molar-refractivity contribution in [2.75, 3.05) is 65.5 Å². The minimum absolute atomic E-state index is 0.0359. The van der Waals surface area contributed by atoms with Crippen LogP contribution >= 0.6 is 0 Å². The maximum atomic E-state index is 14.0. The number of primary amides is 2. The summed E-state index contributed by atoms with van der Waals surface area (Å²) in [6.07, 6.45) is -1.50. The van der Waals surface area contributed by atoms with Crippen LogP contribution in [0.1, 0.15) is 111 Å². The van der Waals surface area contributed by atoms with E-state index in [9.17, 15) is 77.6 Å². The lowest BCUT2D eigenvalue weighted by atomic mass is 10.0. The summed E-state index contributed by atoms with van der Waals surface area (Å²) >= 11 is 0. The summed E-state index contributed by atoms with van der Waals surface area (Å²) in [6, 6.07) is -13.7. The van der Waals surface area contributed by atoms with Gasteiger partial charge in [0.2, 0.25) is 65.0 Å². The van der Waals surface area contributed by atoms with Crippen molar-refractivity contribution in [1.29, 1.82) is 0 Å². The van der Waals surface area contributed by atoms with Crippen LogP contribution in [0.3, 0.4) is 0 Å². The predicted molar refractivity (Wildman–Crippen MR) is 308 cm³/mol. The first-order chi connectivity index (χ1) is 40.2. The van der Waals surface area contributed by atoms with Crippen molar-refractivity contribution < 1.29 is 77.6 Å². The van der Waals surface area contributed by atoms with Crippen LogP contribution in [0.4, 0.5) is 0 Å². The van der Waals surface area contributed by atoms with E-state index < -0.39 is 170 Å². The summed E-state index contributed by atoms with van der Waals surface area (Å²) in [4.78, 5) is 170. The van der Waals surface area contributed by atoms with Gasteiger partial charge in [0.15, 0.2) is 0 Å². The number of carboxylic acid groups (broad SMARTS) is 2. The highest BCUT2D eigenvalue weighted by molar-refractivity contribution is 5.99. The van der Waals surface area contributed by atoms with Crippen LogP contribution in [-0.4, -0.2) is 212 Å². The molecular formula is C51H96N18O16. The summed E-state index contributed by atoms with van der Waals surface area (Å²) in [5.74, 6) is -14.5. The molecule has 9 atom stereocenters. The predicted octanol–water partition coefficient (Wildman–Crippen LogP) is -8.79. The molecule has 11 amide bonds. The lowest BCUT2D eigenvalue weighted by Crippen LogP contribution is -2.61. The van der Waals surface area contributed by atoms with Gasteiger partial charge in [-0.25, -0.2) is 0 Å². The van der Waals surface area contributed by atoms with Gasteiger partial charge in [-0.05, 0) is 116 Å². The molecule has 0 spiro atoms. The zero-order valence-electron chi connectivity index (χ0n) is 49.0. The first kappa shape index (κ1) is 77.8. The fraction of sp³-hybridized carbons (Fsp3) is 0.745. The summed E-state index contributed by atoms with van der Waals surface area (Å²) in [5, 5.41) is 57.4. The maximum absolute atomic E-state index is 14.0. The van der Waals surface area contributed by atoms with E-state index in [2.05, 4.69) is 58.5 Å². The van der Waals surface area contributed by atoms with Gasteiger partial charge in [0.05, 0.1) is 13.0 Å². The molecule has 0 aromatic rings. The third-order valence-corrected chi connectivity index (χ3v) is 12.9. The van der Waals surface area contributed by atoms with Gasteiger partial charge in [-0.1, -0.05) is 13.8 Å². The number of nitrogens with one attached hydrogen (secondary N) is 11. The first-order valence-corrected chi connectivity index (χ1v) is 28.5. The van der Waals surface area contributed by atoms with Crippen molar-refractivity contribution in [3.05, 3.63) is 0 Å². The molecule has 34 heteroatoms. The van der Waals surface area contributed by atoms with Crippen molar-refractivity contribution in [3.63, 3.8) is 0 Å². The quantitative estimate of drug-likeness (QED) is 0.0252. The molecule has 0 aromatic heterocycles. The molecule has 0 unspecified atom stereocenters. The average Bonchev–Trinajstić information content (AvgIpc) is 3.55. The number of aliphatic hydroxyl groups is 1. The van der Waals surface area contributed by atoms with Gasteiger partial charge in [0.25, 0.3) is 0 Å². The van der Waals surface area contributed by atoms with Crippen molar-refractivity contribution in [2.24, 2.45) is 52.0 Å². The minimum Gasteiger partial charge on any atom is -0.481 e. The number of rotatable bonds is 49. The van der Waals surface area contributed by atoms with E-state index in [-0.39, 0.29) is 64.0 Å². The number of carbonyl (C=O) groups excluding carboxylic acids is 11. The third-order valence-electron chi connectivity index (χ3n) is 12.9. The van der Waals surface area contributed by atoms with Gasteiger partial charge in [-0.3, -0.25) is 62.3 Å². The van der Waals surface area contributed by atoms with E-state index >= 15 is 0 Å². The van der Waals surface area contributed by atoms with Gasteiger partial charge in [0.1, 0.15) is 54.4 Å². The van der Waals surface area contributed by atoms with Crippen LogP contribution in [0.2, 0.25) is 0 Å². The van der Waals surface area contributed by atoms with Crippen LogP contribution in [-0.2, 0) is 62.3 Å². The first-order valence-electron chi connectivity index (χ1n) is 28.5. The smallest absolute Gasteiger partial charge is 0.305 e. The molecule has 0 saturated heterocycles. The van der Waals surface area contributed by atoms with E-state index in [0.717, 1.165) is 0 Å². The molecule has 0 aliphatic carbocycles. The highest BCUT2D eigenvalue weighted by atomic mass is 16.4. The fourth-order valence-electron chi connectivity index (χ4n) is 8.17. The largest absolute Gasteiger partial charge is 0.481 e. The van der Waals surface area contributed by atoms with Crippen LogP contribution in [0.15, 0.2) is 0 Å². The number of aliphatic carboxylic acids is 2. The van der Waals surface area contributed by atoms with Crippen molar-refractivity contribution in [3.8, 4) is 0 Å². The van der Waals surface area contributed by atoms with E-state index in [0.29, 0.717) is 65.1 Å².